The number of piperidine rings is 1. The van der Waals surface area contributed by atoms with Gasteiger partial charge < -0.3 is 9.88 Å². The van der Waals surface area contributed by atoms with Gasteiger partial charge in [-0.15, -0.1) is 0 Å². The van der Waals surface area contributed by atoms with Crippen LogP contribution in [0.15, 0.2) is 27.9 Å². The summed E-state index contributed by atoms with van der Waals surface area (Å²) < 4.78 is 30.8. The smallest absolute Gasteiger partial charge is 0.307 e. The fourth-order valence-corrected chi connectivity index (χ4v) is 6.23. The highest BCUT2D eigenvalue weighted by atomic mass is 32.2. The number of aryl methyl sites for hydroxylation is 1. The minimum atomic E-state index is -3.64. The number of hydrogen-bond acceptors (Lipinski definition) is 5. The average Bonchev–Trinajstić information content (AvgIpc) is 2.69. The van der Waals surface area contributed by atoms with Gasteiger partial charge in [0.2, 0.25) is 10.0 Å². The molecule has 8 heteroatoms. The summed E-state index contributed by atoms with van der Waals surface area (Å²) in [6.45, 7) is 8.34. The van der Waals surface area contributed by atoms with E-state index in [1.54, 1.807) is 25.2 Å². The third kappa shape index (κ3) is 3.81. The molecule has 0 radical (unpaired) electrons. The maximum absolute atomic E-state index is 12.8. The van der Waals surface area contributed by atoms with E-state index in [2.05, 4.69) is 37.7 Å². The molecular formula is C17H25N3O3S2. The first-order chi connectivity index (χ1) is 11.4. The van der Waals surface area contributed by atoms with Crippen molar-refractivity contribution in [2.24, 2.45) is 7.05 Å². The highest BCUT2D eigenvalue weighted by Crippen LogP contribution is 2.30. The molecule has 0 amide bonds. The molecule has 0 saturated carbocycles. The van der Waals surface area contributed by atoms with E-state index in [-0.39, 0.29) is 26.9 Å². The predicted molar refractivity (Wildman–Crippen MR) is 102 cm³/mol. The number of rotatable bonds is 3. The largest absolute Gasteiger partial charge is 0.307 e. The molecule has 0 atom stereocenters. The van der Waals surface area contributed by atoms with Crippen molar-refractivity contribution in [2.45, 2.75) is 62.6 Å². The molecule has 138 valence electrons. The van der Waals surface area contributed by atoms with Crippen LogP contribution in [-0.2, 0) is 17.1 Å². The molecule has 0 aliphatic carbocycles. The maximum Gasteiger partial charge on any atom is 0.307 e. The molecule has 1 aliphatic heterocycles. The Bertz CT molecular complexity index is 955. The van der Waals surface area contributed by atoms with Gasteiger partial charge in [0, 0.05) is 24.2 Å². The van der Waals surface area contributed by atoms with Crippen molar-refractivity contribution in [3.05, 3.63) is 27.9 Å². The third-order valence-corrected chi connectivity index (χ3v) is 7.10. The number of fused-ring (bicyclic) bond motifs is 1. The van der Waals surface area contributed by atoms with Gasteiger partial charge in [-0.1, -0.05) is 11.3 Å². The first-order valence-corrected chi connectivity index (χ1v) is 10.6. The van der Waals surface area contributed by atoms with E-state index < -0.39 is 10.0 Å². The Balaban J connectivity index is 1.90. The highest BCUT2D eigenvalue weighted by Gasteiger charge is 2.39. The van der Waals surface area contributed by atoms with Gasteiger partial charge >= 0.3 is 4.87 Å². The van der Waals surface area contributed by atoms with Gasteiger partial charge in [0.15, 0.2) is 0 Å². The van der Waals surface area contributed by atoms with Crippen LogP contribution in [0.4, 0.5) is 0 Å². The number of sulfonamides is 1. The van der Waals surface area contributed by atoms with Crippen LogP contribution in [0, 0.1) is 0 Å². The molecule has 3 rings (SSSR count). The van der Waals surface area contributed by atoms with Crippen molar-refractivity contribution in [3.8, 4) is 0 Å². The number of nitrogens with one attached hydrogen (secondary N) is 2. The van der Waals surface area contributed by atoms with E-state index in [0.29, 0.717) is 4.70 Å². The minimum absolute atomic E-state index is 0.0978. The molecule has 2 heterocycles. The van der Waals surface area contributed by atoms with Crippen LogP contribution in [0.1, 0.15) is 40.5 Å². The van der Waals surface area contributed by atoms with Crippen LogP contribution >= 0.6 is 11.3 Å². The Morgan fingerprint density at radius 3 is 2.40 bits per heavy atom. The molecule has 6 nitrogen and oxygen atoms in total. The Hall–Kier alpha value is -1.22. The van der Waals surface area contributed by atoms with E-state index in [1.807, 2.05) is 0 Å². The average molecular weight is 384 g/mol. The van der Waals surface area contributed by atoms with Gasteiger partial charge in [0.05, 0.1) is 15.1 Å². The Morgan fingerprint density at radius 2 is 1.80 bits per heavy atom. The summed E-state index contributed by atoms with van der Waals surface area (Å²) in [7, 11) is -1.95. The van der Waals surface area contributed by atoms with Crippen molar-refractivity contribution in [1.82, 2.24) is 14.6 Å². The molecule has 2 aromatic rings. The highest BCUT2D eigenvalue weighted by molar-refractivity contribution is 7.89. The van der Waals surface area contributed by atoms with Crippen molar-refractivity contribution >= 4 is 31.6 Å². The lowest BCUT2D eigenvalue weighted by atomic mass is 9.80. The van der Waals surface area contributed by atoms with Gasteiger partial charge in [-0.25, -0.2) is 13.1 Å². The third-order valence-electron chi connectivity index (χ3n) is 4.59. The van der Waals surface area contributed by atoms with Crippen molar-refractivity contribution < 1.29 is 8.42 Å². The van der Waals surface area contributed by atoms with Gasteiger partial charge in [-0.3, -0.25) is 4.79 Å². The van der Waals surface area contributed by atoms with Gasteiger partial charge in [0.1, 0.15) is 0 Å². The van der Waals surface area contributed by atoms with Gasteiger partial charge in [-0.05, 0) is 58.7 Å². The zero-order valence-corrected chi connectivity index (χ0v) is 16.8. The van der Waals surface area contributed by atoms with Gasteiger partial charge in [0.25, 0.3) is 0 Å². The molecule has 0 bridgehead atoms. The molecule has 25 heavy (non-hydrogen) atoms. The predicted octanol–water partition coefficient (Wildman–Crippen LogP) is 2.19. The molecular weight excluding hydrogens is 358 g/mol. The SMILES string of the molecule is Cn1c(=O)sc2cc(S(=O)(=O)NC3CC(C)(C)NC(C)(C)C3)ccc21. The second-order valence-corrected chi connectivity index (χ2v) is 10.9. The normalized spacial score (nSPS) is 20.8. The van der Waals surface area contributed by atoms with Gasteiger partial charge in [-0.2, -0.15) is 0 Å². The number of nitrogens with zero attached hydrogens (tertiary/aromatic N) is 1. The van der Waals surface area contributed by atoms with E-state index in [1.165, 1.54) is 4.57 Å². The van der Waals surface area contributed by atoms with E-state index in [4.69, 9.17) is 0 Å². The quantitative estimate of drug-likeness (QED) is 0.851. The number of hydrogen-bond donors (Lipinski definition) is 2. The van der Waals surface area contributed by atoms with E-state index in [0.717, 1.165) is 29.7 Å². The fourth-order valence-electron chi connectivity index (χ4n) is 3.97. The maximum atomic E-state index is 12.8. The molecule has 0 spiro atoms. The topological polar surface area (TPSA) is 80.2 Å². The zero-order chi connectivity index (χ0) is 18.6. The molecule has 2 N–H and O–H groups in total. The van der Waals surface area contributed by atoms with Crippen molar-refractivity contribution in [2.75, 3.05) is 0 Å². The molecule has 1 aromatic carbocycles. The second-order valence-electron chi connectivity index (χ2n) is 8.18. The lowest BCUT2D eigenvalue weighted by Gasteiger charge is -2.46. The monoisotopic (exact) mass is 383 g/mol. The number of thiazole rings is 1. The van der Waals surface area contributed by atoms with Crippen LogP contribution in [-0.4, -0.2) is 30.1 Å². The lowest BCUT2D eigenvalue weighted by Crippen LogP contribution is -2.62. The standard InChI is InChI=1S/C17H25N3O3S2/c1-16(2)9-11(10-17(3,4)19-16)18-25(22,23)12-6-7-13-14(8-12)24-15(21)20(13)5/h6-8,11,18-19H,9-10H2,1-5H3. The first kappa shape index (κ1) is 18.6. The molecule has 1 saturated heterocycles. The van der Waals surface area contributed by atoms with E-state index >= 15 is 0 Å². The lowest BCUT2D eigenvalue weighted by molar-refractivity contribution is 0.157. The Kier molecular flexibility index (Phi) is 4.39. The minimum Gasteiger partial charge on any atom is -0.307 e. The Labute approximate surface area is 152 Å². The zero-order valence-electron chi connectivity index (χ0n) is 15.2. The van der Waals surface area contributed by atoms with Crippen LogP contribution in [0.25, 0.3) is 10.2 Å². The second kappa shape index (κ2) is 5.90. The molecule has 1 aromatic heterocycles. The summed E-state index contributed by atoms with van der Waals surface area (Å²) in [5.41, 5.74) is 0.466. The summed E-state index contributed by atoms with van der Waals surface area (Å²) in [4.78, 5) is 11.9. The van der Waals surface area contributed by atoms with Crippen molar-refractivity contribution in [3.63, 3.8) is 0 Å². The Morgan fingerprint density at radius 1 is 1.20 bits per heavy atom. The fraction of sp³-hybridized carbons (Fsp3) is 0.588. The van der Waals surface area contributed by atoms with E-state index in [9.17, 15) is 13.2 Å². The molecule has 1 fully saturated rings. The van der Waals surface area contributed by atoms with Crippen LogP contribution in [0.5, 0.6) is 0 Å². The first-order valence-electron chi connectivity index (χ1n) is 8.30. The summed E-state index contributed by atoms with van der Waals surface area (Å²) in [5.74, 6) is 0. The van der Waals surface area contributed by atoms with Crippen molar-refractivity contribution in [1.29, 1.82) is 0 Å². The molecule has 0 unspecified atom stereocenters. The number of benzene rings is 1. The summed E-state index contributed by atoms with van der Waals surface area (Å²) in [5, 5.41) is 3.55. The van der Waals surface area contributed by atoms with Crippen LogP contribution in [0.3, 0.4) is 0 Å². The molecule has 1 aliphatic rings. The number of aromatic nitrogens is 1. The summed E-state index contributed by atoms with van der Waals surface area (Å²) in [6, 6.07) is 4.70. The summed E-state index contributed by atoms with van der Waals surface area (Å²) >= 11 is 1.06. The van der Waals surface area contributed by atoms with Crippen LogP contribution < -0.4 is 14.9 Å². The summed E-state index contributed by atoms with van der Waals surface area (Å²) in [6.07, 6.45) is 1.44. The van der Waals surface area contributed by atoms with Crippen LogP contribution in [0.2, 0.25) is 0 Å².